The van der Waals surface area contributed by atoms with Gasteiger partial charge in [0.15, 0.2) is 5.78 Å². The molecule has 0 spiro atoms. The Hall–Kier alpha value is -1.89. The number of aryl methyl sites for hydroxylation is 1. The number of ketones is 1. The van der Waals surface area contributed by atoms with E-state index in [0.29, 0.717) is 12.2 Å². The summed E-state index contributed by atoms with van der Waals surface area (Å²) in [6.07, 6.45) is 3.15. The molecule has 1 aromatic heterocycles. The molecule has 0 amide bonds. The van der Waals surface area contributed by atoms with E-state index >= 15 is 0 Å². The Balaban J connectivity index is 0.00000151. The molecular formula is C19H26N2O3S. The first kappa shape index (κ1) is 21.2. The zero-order valence-electron chi connectivity index (χ0n) is 15.5. The SMILES string of the molecule is CC.Cc1ccc(S(=O)N(C)C)cc1COCC(=O)c1cccnc1. The topological polar surface area (TPSA) is 59.5 Å². The summed E-state index contributed by atoms with van der Waals surface area (Å²) in [5.74, 6) is -0.108. The van der Waals surface area contributed by atoms with Crippen LogP contribution >= 0.6 is 0 Å². The monoisotopic (exact) mass is 362 g/mol. The van der Waals surface area contributed by atoms with Gasteiger partial charge in [0.25, 0.3) is 0 Å². The maximum Gasteiger partial charge on any atom is 0.190 e. The van der Waals surface area contributed by atoms with Gasteiger partial charge in [0.05, 0.1) is 11.5 Å². The van der Waals surface area contributed by atoms with Gasteiger partial charge in [0, 0.05) is 18.0 Å². The van der Waals surface area contributed by atoms with Gasteiger partial charge in [-0.05, 0) is 56.4 Å². The zero-order valence-corrected chi connectivity index (χ0v) is 16.3. The standard InChI is InChI=1S/C17H20N2O3S.C2H6/c1-13-6-7-16(23(21)19(2)3)9-15(13)11-22-12-17(20)14-5-4-8-18-10-14;1-2/h4-10H,11-12H2,1-3H3;1-2H3. The summed E-state index contributed by atoms with van der Waals surface area (Å²) in [6, 6.07) is 9.05. The summed E-state index contributed by atoms with van der Waals surface area (Å²) in [4.78, 5) is 16.6. The molecule has 0 aliphatic carbocycles. The Morgan fingerprint density at radius 2 is 1.96 bits per heavy atom. The largest absolute Gasteiger partial charge is 0.369 e. The Labute approximate surface area is 152 Å². The first-order valence-corrected chi connectivity index (χ1v) is 9.29. The van der Waals surface area contributed by atoms with Crippen molar-refractivity contribution >= 4 is 16.8 Å². The van der Waals surface area contributed by atoms with Crippen LogP contribution in [0, 0.1) is 6.92 Å². The van der Waals surface area contributed by atoms with Crippen LogP contribution in [-0.4, -0.2) is 40.0 Å². The van der Waals surface area contributed by atoms with Crippen molar-refractivity contribution in [3.63, 3.8) is 0 Å². The number of carbonyl (C=O) groups excluding carboxylic acids is 1. The summed E-state index contributed by atoms with van der Waals surface area (Å²) >= 11 is 0. The van der Waals surface area contributed by atoms with E-state index in [-0.39, 0.29) is 12.4 Å². The van der Waals surface area contributed by atoms with Crippen molar-refractivity contribution in [2.75, 3.05) is 20.7 Å². The van der Waals surface area contributed by atoms with Gasteiger partial charge in [0.1, 0.15) is 17.6 Å². The molecule has 0 fully saturated rings. The molecule has 1 atom stereocenters. The van der Waals surface area contributed by atoms with Crippen LogP contribution in [0.4, 0.5) is 0 Å². The summed E-state index contributed by atoms with van der Waals surface area (Å²) in [5, 5.41) is 0. The summed E-state index contributed by atoms with van der Waals surface area (Å²) in [7, 11) is 2.33. The number of ether oxygens (including phenoxy) is 1. The molecule has 0 bridgehead atoms. The summed E-state index contributed by atoms with van der Waals surface area (Å²) < 4.78 is 19.3. The lowest BCUT2D eigenvalue weighted by molar-refractivity contribution is 0.0725. The first-order valence-electron chi connectivity index (χ1n) is 8.18. The maximum absolute atomic E-state index is 12.1. The van der Waals surface area contributed by atoms with Crippen molar-refractivity contribution in [1.29, 1.82) is 0 Å². The number of hydrogen-bond acceptors (Lipinski definition) is 4. The predicted octanol–water partition coefficient (Wildman–Crippen LogP) is 3.40. The zero-order chi connectivity index (χ0) is 18.8. The number of aromatic nitrogens is 1. The first-order chi connectivity index (χ1) is 12.0. The second-order valence-electron chi connectivity index (χ2n) is 5.31. The minimum atomic E-state index is -1.20. The molecule has 1 heterocycles. The maximum atomic E-state index is 12.1. The molecule has 6 heteroatoms. The van der Waals surface area contributed by atoms with E-state index in [4.69, 9.17) is 4.74 Å². The predicted molar refractivity (Wildman–Crippen MR) is 101 cm³/mol. The molecule has 0 radical (unpaired) electrons. The molecule has 0 saturated heterocycles. The Bertz CT molecular complexity index is 703. The van der Waals surface area contributed by atoms with E-state index in [0.717, 1.165) is 16.0 Å². The second-order valence-corrected chi connectivity index (χ2v) is 7.01. The number of pyridine rings is 1. The normalized spacial score (nSPS) is 11.6. The van der Waals surface area contributed by atoms with Crippen LogP contribution in [0.25, 0.3) is 0 Å². The Morgan fingerprint density at radius 1 is 1.24 bits per heavy atom. The Kier molecular flexibility index (Phi) is 9.20. The van der Waals surface area contributed by atoms with Crippen molar-refractivity contribution < 1.29 is 13.7 Å². The average molecular weight is 362 g/mol. The molecule has 136 valence electrons. The van der Waals surface area contributed by atoms with Crippen LogP contribution in [0.15, 0.2) is 47.6 Å². The number of carbonyl (C=O) groups is 1. The highest BCUT2D eigenvalue weighted by molar-refractivity contribution is 7.82. The van der Waals surface area contributed by atoms with Gasteiger partial charge < -0.3 is 4.74 Å². The highest BCUT2D eigenvalue weighted by Crippen LogP contribution is 2.16. The third kappa shape index (κ3) is 6.49. The highest BCUT2D eigenvalue weighted by atomic mass is 32.2. The van der Waals surface area contributed by atoms with Crippen molar-refractivity contribution in [2.45, 2.75) is 32.3 Å². The third-order valence-electron chi connectivity index (χ3n) is 3.33. The quantitative estimate of drug-likeness (QED) is 0.708. The van der Waals surface area contributed by atoms with Crippen LogP contribution in [-0.2, 0) is 22.3 Å². The van der Waals surface area contributed by atoms with Gasteiger partial charge in [-0.2, -0.15) is 0 Å². The molecule has 0 N–H and O–H groups in total. The van der Waals surface area contributed by atoms with Crippen LogP contribution in [0.1, 0.15) is 35.3 Å². The van der Waals surface area contributed by atoms with Crippen molar-refractivity contribution in [2.24, 2.45) is 0 Å². The Morgan fingerprint density at radius 3 is 2.56 bits per heavy atom. The van der Waals surface area contributed by atoms with E-state index in [2.05, 4.69) is 4.98 Å². The van der Waals surface area contributed by atoms with Crippen LogP contribution in [0.2, 0.25) is 0 Å². The van der Waals surface area contributed by atoms with Crippen molar-refractivity contribution in [3.05, 3.63) is 59.4 Å². The molecule has 2 aromatic rings. The van der Waals surface area contributed by atoms with E-state index < -0.39 is 11.0 Å². The molecule has 1 aromatic carbocycles. The van der Waals surface area contributed by atoms with Crippen LogP contribution in [0.3, 0.4) is 0 Å². The van der Waals surface area contributed by atoms with Crippen molar-refractivity contribution in [1.82, 2.24) is 9.29 Å². The number of nitrogens with zero attached hydrogens (tertiary/aromatic N) is 2. The highest BCUT2D eigenvalue weighted by Gasteiger charge is 2.10. The molecule has 5 nitrogen and oxygen atoms in total. The molecule has 0 aliphatic rings. The summed E-state index contributed by atoms with van der Waals surface area (Å²) in [5.41, 5.74) is 2.50. The van der Waals surface area contributed by atoms with Crippen molar-refractivity contribution in [3.8, 4) is 0 Å². The lowest BCUT2D eigenvalue weighted by atomic mass is 10.1. The minimum absolute atomic E-state index is 0.00781. The van der Waals surface area contributed by atoms with Gasteiger partial charge in [-0.1, -0.05) is 19.9 Å². The molecule has 0 saturated carbocycles. The lowest BCUT2D eigenvalue weighted by Crippen LogP contribution is -2.15. The number of Topliss-reactive ketones (excluding diaryl/α,β-unsaturated/α-hetero) is 1. The third-order valence-corrected chi connectivity index (χ3v) is 4.65. The van der Waals surface area contributed by atoms with E-state index in [9.17, 15) is 9.00 Å². The molecule has 2 rings (SSSR count). The van der Waals surface area contributed by atoms with Gasteiger partial charge in [-0.3, -0.25) is 9.78 Å². The number of hydrogen-bond donors (Lipinski definition) is 0. The van der Waals surface area contributed by atoms with Crippen LogP contribution < -0.4 is 0 Å². The van der Waals surface area contributed by atoms with E-state index in [1.807, 2.05) is 39.0 Å². The molecule has 25 heavy (non-hydrogen) atoms. The molecular weight excluding hydrogens is 336 g/mol. The minimum Gasteiger partial charge on any atom is -0.369 e. The van der Waals surface area contributed by atoms with Gasteiger partial charge in [0.2, 0.25) is 0 Å². The fraction of sp³-hybridized carbons (Fsp3) is 0.368. The number of rotatable bonds is 7. The van der Waals surface area contributed by atoms with Crippen LogP contribution in [0.5, 0.6) is 0 Å². The smallest absolute Gasteiger partial charge is 0.190 e. The fourth-order valence-electron chi connectivity index (χ4n) is 1.99. The van der Waals surface area contributed by atoms with E-state index in [1.54, 1.807) is 36.7 Å². The molecule has 0 aliphatic heterocycles. The molecule has 1 unspecified atom stereocenters. The van der Waals surface area contributed by atoms with E-state index in [1.165, 1.54) is 6.20 Å². The van der Waals surface area contributed by atoms with Gasteiger partial charge in [-0.15, -0.1) is 0 Å². The summed E-state index contributed by atoms with van der Waals surface area (Å²) in [6.45, 7) is 6.26. The van der Waals surface area contributed by atoms with Gasteiger partial charge in [-0.25, -0.2) is 8.51 Å². The average Bonchev–Trinajstić information content (AvgIpc) is 2.64. The lowest BCUT2D eigenvalue weighted by Gasteiger charge is -2.12. The van der Waals surface area contributed by atoms with Gasteiger partial charge >= 0.3 is 0 Å². The number of benzene rings is 1. The fourth-order valence-corrected chi connectivity index (χ4v) is 2.84. The second kappa shape index (κ2) is 10.9.